The number of hydrogen-bond acceptors (Lipinski definition) is 5. The molecular weight excluding hydrogens is 410 g/mol. The second kappa shape index (κ2) is 10.5. The summed E-state index contributed by atoms with van der Waals surface area (Å²) in [6.45, 7) is 2.66. The van der Waals surface area contributed by atoms with Gasteiger partial charge in [0, 0.05) is 41.3 Å². The molecule has 0 fully saturated rings. The number of hydrogen-bond donors (Lipinski definition) is 3. The number of para-hydroxylation sites is 1. The van der Waals surface area contributed by atoms with Crippen molar-refractivity contribution in [2.75, 3.05) is 27.4 Å². The van der Waals surface area contributed by atoms with Crippen LogP contribution in [0.4, 0.5) is 0 Å². The van der Waals surface area contributed by atoms with Crippen molar-refractivity contribution in [3.8, 4) is 11.5 Å². The Morgan fingerprint density at radius 1 is 1.09 bits per heavy atom. The van der Waals surface area contributed by atoms with E-state index >= 15 is 0 Å². The van der Waals surface area contributed by atoms with E-state index in [2.05, 4.69) is 15.2 Å². The van der Waals surface area contributed by atoms with Crippen LogP contribution in [0, 0.1) is 0 Å². The number of fused-ring (bicyclic) bond motifs is 1. The lowest BCUT2D eigenvalue weighted by Crippen LogP contribution is -2.36. The van der Waals surface area contributed by atoms with Gasteiger partial charge in [0.25, 0.3) is 11.8 Å². The molecule has 8 heteroatoms. The van der Waals surface area contributed by atoms with Gasteiger partial charge < -0.3 is 29.8 Å². The van der Waals surface area contributed by atoms with Crippen LogP contribution in [0.3, 0.4) is 0 Å². The third-order valence-corrected chi connectivity index (χ3v) is 5.00. The minimum absolute atomic E-state index is 0.0669. The van der Waals surface area contributed by atoms with Crippen molar-refractivity contribution < 1.29 is 24.2 Å². The van der Waals surface area contributed by atoms with Crippen LogP contribution >= 0.6 is 0 Å². The SMILES string of the molecule is CCn1cc(/C=C(\NC(=O)c2ccc(OC)c(OC)c2)C(=O)NCCO)c2ccccc21. The summed E-state index contributed by atoms with van der Waals surface area (Å²) < 4.78 is 12.5. The first kappa shape index (κ1) is 22.9. The minimum atomic E-state index is -0.499. The molecule has 0 spiro atoms. The summed E-state index contributed by atoms with van der Waals surface area (Å²) in [5.74, 6) is -0.0777. The van der Waals surface area contributed by atoms with Crippen molar-refractivity contribution in [1.82, 2.24) is 15.2 Å². The van der Waals surface area contributed by atoms with E-state index in [1.807, 2.05) is 37.4 Å². The Morgan fingerprint density at radius 2 is 1.84 bits per heavy atom. The van der Waals surface area contributed by atoms with E-state index in [1.165, 1.54) is 14.2 Å². The lowest BCUT2D eigenvalue weighted by Gasteiger charge is -2.12. The highest BCUT2D eigenvalue weighted by atomic mass is 16.5. The number of carbonyl (C=O) groups excluding carboxylic acids is 2. The fourth-order valence-electron chi connectivity index (χ4n) is 3.40. The molecule has 3 rings (SSSR count). The lowest BCUT2D eigenvalue weighted by molar-refractivity contribution is -0.117. The van der Waals surface area contributed by atoms with Crippen molar-refractivity contribution in [3.05, 3.63) is 65.5 Å². The van der Waals surface area contributed by atoms with Crippen molar-refractivity contribution >= 4 is 28.8 Å². The van der Waals surface area contributed by atoms with Crippen molar-refractivity contribution in [2.24, 2.45) is 0 Å². The molecule has 0 saturated carbocycles. The summed E-state index contributed by atoms with van der Waals surface area (Å²) in [6.07, 6.45) is 3.58. The summed E-state index contributed by atoms with van der Waals surface area (Å²) in [5.41, 5.74) is 2.20. The fourth-order valence-corrected chi connectivity index (χ4v) is 3.40. The summed E-state index contributed by atoms with van der Waals surface area (Å²) in [4.78, 5) is 25.7. The van der Waals surface area contributed by atoms with Crippen molar-refractivity contribution in [3.63, 3.8) is 0 Å². The van der Waals surface area contributed by atoms with Crippen molar-refractivity contribution in [2.45, 2.75) is 13.5 Å². The van der Waals surface area contributed by atoms with E-state index in [0.717, 1.165) is 23.0 Å². The molecule has 3 aromatic rings. The first-order valence-corrected chi connectivity index (χ1v) is 10.2. The number of benzene rings is 2. The number of methoxy groups -OCH3 is 2. The molecule has 2 amide bonds. The van der Waals surface area contributed by atoms with Gasteiger partial charge in [0.15, 0.2) is 11.5 Å². The molecule has 168 valence electrons. The molecule has 0 saturated heterocycles. The maximum atomic E-state index is 12.9. The van der Waals surface area contributed by atoms with Crippen LogP contribution in [0.1, 0.15) is 22.8 Å². The summed E-state index contributed by atoms with van der Waals surface area (Å²) >= 11 is 0. The predicted octanol–water partition coefficient (Wildman–Crippen LogP) is 2.56. The van der Waals surface area contributed by atoms with Gasteiger partial charge in [-0.3, -0.25) is 9.59 Å². The number of aliphatic hydroxyl groups excluding tert-OH is 1. The number of carbonyl (C=O) groups is 2. The molecular formula is C24H27N3O5. The van der Waals surface area contributed by atoms with E-state index in [1.54, 1.807) is 24.3 Å². The maximum absolute atomic E-state index is 12.9. The number of amides is 2. The van der Waals surface area contributed by atoms with E-state index in [0.29, 0.717) is 17.1 Å². The normalized spacial score (nSPS) is 11.3. The zero-order chi connectivity index (χ0) is 23.1. The molecule has 0 aliphatic rings. The fraction of sp³-hybridized carbons (Fsp3) is 0.250. The van der Waals surface area contributed by atoms with Gasteiger partial charge in [-0.15, -0.1) is 0 Å². The summed E-state index contributed by atoms with van der Waals surface area (Å²) in [6, 6.07) is 12.6. The van der Waals surface area contributed by atoms with Gasteiger partial charge in [-0.1, -0.05) is 18.2 Å². The van der Waals surface area contributed by atoms with E-state index in [4.69, 9.17) is 14.6 Å². The number of rotatable bonds is 9. The molecule has 0 unspecified atom stereocenters. The smallest absolute Gasteiger partial charge is 0.267 e. The van der Waals surface area contributed by atoms with Crippen LogP contribution in [0.2, 0.25) is 0 Å². The summed E-state index contributed by atoms with van der Waals surface area (Å²) in [7, 11) is 2.99. The van der Waals surface area contributed by atoms with Gasteiger partial charge in [-0.25, -0.2) is 0 Å². The maximum Gasteiger partial charge on any atom is 0.267 e. The average molecular weight is 437 g/mol. The Morgan fingerprint density at radius 3 is 2.53 bits per heavy atom. The number of nitrogens with one attached hydrogen (secondary N) is 2. The van der Waals surface area contributed by atoms with E-state index < -0.39 is 11.8 Å². The van der Waals surface area contributed by atoms with Gasteiger partial charge in [0.1, 0.15) is 5.70 Å². The molecule has 0 atom stereocenters. The highest BCUT2D eigenvalue weighted by Gasteiger charge is 2.17. The van der Waals surface area contributed by atoms with Crippen LogP contribution < -0.4 is 20.1 Å². The average Bonchev–Trinajstić information content (AvgIpc) is 3.19. The van der Waals surface area contributed by atoms with Crippen LogP contribution in [-0.4, -0.2) is 48.9 Å². The molecule has 3 N–H and O–H groups in total. The minimum Gasteiger partial charge on any atom is -0.493 e. The van der Waals surface area contributed by atoms with E-state index in [-0.39, 0.29) is 18.8 Å². The first-order chi connectivity index (χ1) is 15.5. The van der Waals surface area contributed by atoms with Crippen LogP contribution in [-0.2, 0) is 11.3 Å². The molecule has 2 aromatic carbocycles. The number of ether oxygens (including phenoxy) is 2. The van der Waals surface area contributed by atoms with Crippen LogP contribution in [0.25, 0.3) is 17.0 Å². The predicted molar refractivity (Wildman–Crippen MR) is 123 cm³/mol. The molecule has 0 aliphatic heterocycles. The standard InChI is InChI=1S/C24H27N3O5/c1-4-27-15-17(18-7-5-6-8-20(18)27)13-19(24(30)25-11-12-28)26-23(29)16-9-10-21(31-2)22(14-16)32-3/h5-10,13-15,28H,4,11-12H2,1-3H3,(H,25,30)(H,26,29)/b19-13-. The third-order valence-electron chi connectivity index (χ3n) is 5.00. The Labute approximate surface area is 186 Å². The Kier molecular flexibility index (Phi) is 7.51. The zero-order valence-electron chi connectivity index (χ0n) is 18.3. The Balaban J connectivity index is 1.99. The Hall–Kier alpha value is -3.78. The molecule has 0 aliphatic carbocycles. The second-order valence-corrected chi connectivity index (χ2v) is 6.95. The molecule has 0 bridgehead atoms. The van der Waals surface area contributed by atoms with Crippen molar-refractivity contribution in [1.29, 1.82) is 0 Å². The molecule has 1 heterocycles. The second-order valence-electron chi connectivity index (χ2n) is 6.95. The van der Waals surface area contributed by atoms with Gasteiger partial charge >= 0.3 is 0 Å². The van der Waals surface area contributed by atoms with Gasteiger partial charge in [-0.2, -0.15) is 0 Å². The zero-order valence-corrected chi connectivity index (χ0v) is 18.3. The number of nitrogens with zero attached hydrogens (tertiary/aromatic N) is 1. The van der Waals surface area contributed by atoms with Gasteiger partial charge in [-0.05, 0) is 37.3 Å². The molecule has 32 heavy (non-hydrogen) atoms. The van der Waals surface area contributed by atoms with Crippen LogP contribution in [0.15, 0.2) is 54.4 Å². The highest BCUT2D eigenvalue weighted by molar-refractivity contribution is 6.06. The molecule has 8 nitrogen and oxygen atoms in total. The van der Waals surface area contributed by atoms with Crippen LogP contribution in [0.5, 0.6) is 11.5 Å². The highest BCUT2D eigenvalue weighted by Crippen LogP contribution is 2.28. The third kappa shape index (κ3) is 4.92. The molecule has 1 aromatic heterocycles. The van der Waals surface area contributed by atoms with Gasteiger partial charge in [0.05, 0.1) is 20.8 Å². The van der Waals surface area contributed by atoms with Gasteiger partial charge in [0.2, 0.25) is 0 Å². The topological polar surface area (TPSA) is 102 Å². The van der Waals surface area contributed by atoms with E-state index in [9.17, 15) is 9.59 Å². The quantitative estimate of drug-likeness (QED) is 0.447. The monoisotopic (exact) mass is 437 g/mol. The Bertz CT molecular complexity index is 1150. The number of aliphatic hydroxyl groups is 1. The number of aryl methyl sites for hydroxylation is 1. The first-order valence-electron chi connectivity index (χ1n) is 10.2. The molecule has 0 radical (unpaired) electrons. The largest absolute Gasteiger partial charge is 0.493 e. The number of aromatic nitrogens is 1. The summed E-state index contributed by atoms with van der Waals surface area (Å²) in [5, 5.41) is 15.3. The lowest BCUT2D eigenvalue weighted by atomic mass is 10.1.